The summed E-state index contributed by atoms with van der Waals surface area (Å²) >= 11 is 0. The Labute approximate surface area is 101 Å². The maximum atomic E-state index is 11.9. The Kier molecular flexibility index (Phi) is 2.78. The van der Waals surface area contributed by atoms with Crippen molar-refractivity contribution >= 4 is 23.6 Å². The molecule has 0 atom stereocenters. The second kappa shape index (κ2) is 4.26. The van der Waals surface area contributed by atoms with Gasteiger partial charge in [0.05, 0.1) is 0 Å². The Balaban J connectivity index is 2.41. The Morgan fingerprint density at radius 3 is 2.22 bits per heavy atom. The quantitative estimate of drug-likeness (QED) is 0.219. The molecule has 2 aliphatic rings. The normalized spacial score (nSPS) is 13.7. The minimum atomic E-state index is -1.27. The van der Waals surface area contributed by atoms with E-state index < -0.39 is 23.6 Å². The van der Waals surface area contributed by atoms with Gasteiger partial charge >= 0.3 is 11.8 Å². The molecular formula is C10H8N4O4. The number of hydrazine groups is 2. The molecule has 0 fully saturated rings. The number of benzene rings is 1. The molecule has 2 heterocycles. The molecule has 8 heteroatoms. The summed E-state index contributed by atoms with van der Waals surface area (Å²) in [6, 6.07) is 5.65. The van der Waals surface area contributed by atoms with E-state index in [9.17, 15) is 19.2 Å². The molecule has 0 unspecified atom stereocenters. The van der Waals surface area contributed by atoms with E-state index in [-0.39, 0.29) is 11.1 Å². The molecule has 0 saturated carbocycles. The summed E-state index contributed by atoms with van der Waals surface area (Å²) < 4.78 is 0. The number of hydrogen-bond donors (Lipinski definition) is 3. The Morgan fingerprint density at radius 1 is 1.11 bits per heavy atom. The third-order valence-electron chi connectivity index (χ3n) is 2.34. The SMILES string of the molecule is NNC(=O)C(=O)N1NC(=O)c2ccc(cc2)C1=O. The Morgan fingerprint density at radius 2 is 1.67 bits per heavy atom. The van der Waals surface area contributed by atoms with Gasteiger partial charge in [-0.3, -0.25) is 30.0 Å². The molecule has 1 aromatic rings. The summed E-state index contributed by atoms with van der Waals surface area (Å²) in [7, 11) is 0. The number of amides is 4. The van der Waals surface area contributed by atoms with Crippen molar-refractivity contribution in [3.63, 3.8) is 0 Å². The highest BCUT2D eigenvalue weighted by Gasteiger charge is 2.31. The van der Waals surface area contributed by atoms with Gasteiger partial charge in [0.2, 0.25) is 0 Å². The van der Waals surface area contributed by atoms with Gasteiger partial charge < -0.3 is 0 Å². The molecule has 8 nitrogen and oxygen atoms in total. The standard InChI is InChI=1S/C10H8N4O4/c11-12-8(16)10(18)14-9(17)6-3-1-5(2-4-6)7(15)13-14/h1-4H,11H2,(H,12,16)(H,13,15). The van der Waals surface area contributed by atoms with Crippen molar-refractivity contribution in [2.75, 3.05) is 0 Å². The summed E-state index contributed by atoms with van der Waals surface area (Å²) in [6.45, 7) is 0. The van der Waals surface area contributed by atoms with Crippen molar-refractivity contribution in [3.8, 4) is 0 Å². The number of nitrogens with one attached hydrogen (secondary N) is 2. The summed E-state index contributed by atoms with van der Waals surface area (Å²) in [5, 5.41) is 0.326. The van der Waals surface area contributed by atoms with Crippen LogP contribution in [0.3, 0.4) is 0 Å². The number of fused-ring (bicyclic) bond motifs is 5. The molecule has 18 heavy (non-hydrogen) atoms. The molecule has 0 radical (unpaired) electrons. The van der Waals surface area contributed by atoms with Crippen LogP contribution in [0, 0.1) is 0 Å². The number of hydrogen-bond acceptors (Lipinski definition) is 5. The third-order valence-corrected chi connectivity index (χ3v) is 2.34. The van der Waals surface area contributed by atoms with E-state index in [2.05, 4.69) is 0 Å². The number of nitrogens with zero attached hydrogens (tertiary/aromatic N) is 1. The monoisotopic (exact) mass is 248 g/mol. The summed E-state index contributed by atoms with van der Waals surface area (Å²) in [5.41, 5.74) is 4.05. The second-order valence-corrected chi connectivity index (χ2v) is 3.44. The first-order valence-corrected chi connectivity index (χ1v) is 4.85. The van der Waals surface area contributed by atoms with Crippen LogP contribution in [0.1, 0.15) is 20.7 Å². The molecule has 2 bridgehead atoms. The van der Waals surface area contributed by atoms with Crippen LogP contribution >= 0.6 is 0 Å². The van der Waals surface area contributed by atoms with Crippen LogP contribution in [0.2, 0.25) is 0 Å². The Hall–Kier alpha value is -2.74. The second-order valence-electron chi connectivity index (χ2n) is 3.44. The number of rotatable bonds is 0. The van der Waals surface area contributed by atoms with Crippen LogP contribution < -0.4 is 16.7 Å². The van der Waals surface area contributed by atoms with Crippen molar-refractivity contribution in [3.05, 3.63) is 35.4 Å². The van der Waals surface area contributed by atoms with Crippen LogP contribution in [-0.2, 0) is 9.59 Å². The Bertz CT molecular complexity index is 552. The third kappa shape index (κ3) is 1.80. The molecule has 4 N–H and O–H groups in total. The van der Waals surface area contributed by atoms with Crippen LogP contribution in [-0.4, -0.2) is 28.6 Å². The minimum Gasteiger partial charge on any atom is -0.286 e. The number of carbonyl (C=O) groups is 4. The zero-order chi connectivity index (χ0) is 13.3. The first-order chi connectivity index (χ1) is 8.54. The lowest BCUT2D eigenvalue weighted by Gasteiger charge is -2.22. The largest absolute Gasteiger partial charge is 0.339 e. The molecule has 0 spiro atoms. The van der Waals surface area contributed by atoms with Gasteiger partial charge in [-0.25, -0.2) is 5.84 Å². The lowest BCUT2D eigenvalue weighted by atomic mass is 10.1. The van der Waals surface area contributed by atoms with Crippen LogP contribution in [0.25, 0.3) is 0 Å². The van der Waals surface area contributed by atoms with E-state index in [4.69, 9.17) is 5.84 Å². The van der Waals surface area contributed by atoms with Crippen LogP contribution in [0.4, 0.5) is 0 Å². The lowest BCUT2D eigenvalue weighted by Crippen LogP contribution is -2.56. The van der Waals surface area contributed by atoms with Gasteiger partial charge in [-0.15, -0.1) is 0 Å². The van der Waals surface area contributed by atoms with Crippen LogP contribution in [0.5, 0.6) is 0 Å². The predicted molar refractivity (Wildman–Crippen MR) is 57.4 cm³/mol. The summed E-state index contributed by atoms with van der Waals surface area (Å²) in [4.78, 5) is 46.1. The van der Waals surface area contributed by atoms with Crippen molar-refractivity contribution in [2.24, 2.45) is 5.84 Å². The molecule has 0 aliphatic carbocycles. The van der Waals surface area contributed by atoms with E-state index in [0.29, 0.717) is 5.01 Å². The average molecular weight is 248 g/mol. The van der Waals surface area contributed by atoms with Crippen LogP contribution in [0.15, 0.2) is 24.3 Å². The first-order valence-electron chi connectivity index (χ1n) is 4.85. The van der Waals surface area contributed by atoms with E-state index in [1.165, 1.54) is 24.3 Å². The number of nitrogens with two attached hydrogens (primary N) is 1. The zero-order valence-corrected chi connectivity index (χ0v) is 8.97. The van der Waals surface area contributed by atoms with Crippen molar-refractivity contribution < 1.29 is 19.2 Å². The van der Waals surface area contributed by atoms with E-state index in [1.807, 2.05) is 5.43 Å². The molecule has 4 amide bonds. The highest BCUT2D eigenvalue weighted by Crippen LogP contribution is 2.11. The topological polar surface area (TPSA) is 122 Å². The summed E-state index contributed by atoms with van der Waals surface area (Å²) in [6.07, 6.45) is 0. The fourth-order valence-electron chi connectivity index (χ4n) is 1.42. The van der Waals surface area contributed by atoms with E-state index in [0.717, 1.165) is 0 Å². The fraction of sp³-hybridized carbons (Fsp3) is 0. The first kappa shape index (κ1) is 11.7. The van der Waals surface area contributed by atoms with Gasteiger partial charge in [0.1, 0.15) is 0 Å². The van der Waals surface area contributed by atoms with Crippen molar-refractivity contribution in [2.45, 2.75) is 0 Å². The van der Waals surface area contributed by atoms with Crippen molar-refractivity contribution in [1.29, 1.82) is 0 Å². The molecule has 0 saturated heterocycles. The predicted octanol–water partition coefficient (Wildman–Crippen LogP) is -1.70. The van der Waals surface area contributed by atoms with Gasteiger partial charge in [0.25, 0.3) is 11.8 Å². The minimum absolute atomic E-state index is 0.164. The maximum Gasteiger partial charge on any atom is 0.339 e. The van der Waals surface area contributed by atoms with Gasteiger partial charge in [-0.2, -0.15) is 5.01 Å². The highest BCUT2D eigenvalue weighted by molar-refractivity contribution is 6.38. The number of carbonyl (C=O) groups excluding carboxylic acids is 4. The molecule has 1 aromatic carbocycles. The maximum absolute atomic E-state index is 11.9. The van der Waals surface area contributed by atoms with E-state index >= 15 is 0 Å². The highest BCUT2D eigenvalue weighted by atomic mass is 16.2. The zero-order valence-electron chi connectivity index (χ0n) is 8.97. The molecular weight excluding hydrogens is 240 g/mol. The van der Waals surface area contributed by atoms with E-state index in [1.54, 1.807) is 5.43 Å². The molecule has 0 aromatic heterocycles. The molecule has 2 aliphatic heterocycles. The fourth-order valence-corrected chi connectivity index (χ4v) is 1.42. The molecule has 92 valence electrons. The van der Waals surface area contributed by atoms with Gasteiger partial charge in [-0.1, -0.05) is 0 Å². The summed E-state index contributed by atoms with van der Waals surface area (Å²) in [5.74, 6) is 0.830. The van der Waals surface area contributed by atoms with Gasteiger partial charge in [-0.05, 0) is 24.3 Å². The molecule has 3 rings (SSSR count). The smallest absolute Gasteiger partial charge is 0.286 e. The average Bonchev–Trinajstić information content (AvgIpc) is 2.41. The van der Waals surface area contributed by atoms with Crippen molar-refractivity contribution in [1.82, 2.24) is 15.9 Å². The van der Waals surface area contributed by atoms with Gasteiger partial charge in [0, 0.05) is 11.1 Å². The lowest BCUT2D eigenvalue weighted by molar-refractivity contribution is -0.145. The number of imide groups is 1. The van der Waals surface area contributed by atoms with Gasteiger partial charge in [0.15, 0.2) is 0 Å².